The number of hydrogen-bond donors (Lipinski definition) is 1. The topological polar surface area (TPSA) is 29.1 Å². The fourth-order valence-electron chi connectivity index (χ4n) is 2.34. The number of nitrogens with one attached hydrogen (secondary N) is 1. The number of carbonyl (C=O) groups is 1. The van der Waals surface area contributed by atoms with Crippen LogP contribution < -0.4 is 5.32 Å². The number of hydrogen-bond acceptors (Lipinski definition) is 2. The maximum absolute atomic E-state index is 12.0. The summed E-state index contributed by atoms with van der Waals surface area (Å²) >= 11 is 1.71. The highest BCUT2D eigenvalue weighted by molar-refractivity contribution is 7.14. The van der Waals surface area contributed by atoms with Crippen LogP contribution in [0.3, 0.4) is 0 Å². The zero-order valence-corrected chi connectivity index (χ0v) is 12.2. The molecular formula is C15H23NOS. The second-order valence-electron chi connectivity index (χ2n) is 5.58. The highest BCUT2D eigenvalue weighted by atomic mass is 32.1. The molecule has 2 nitrogen and oxygen atoms in total. The predicted molar refractivity (Wildman–Crippen MR) is 77.4 cm³/mol. The monoisotopic (exact) mass is 265 g/mol. The molecule has 0 atom stereocenters. The summed E-state index contributed by atoms with van der Waals surface area (Å²) in [6.45, 7) is 5.00. The largest absolute Gasteiger partial charge is 0.351 e. The van der Waals surface area contributed by atoms with Crippen LogP contribution in [0.25, 0.3) is 0 Å². The average Bonchev–Trinajstić information content (AvgIpc) is 2.68. The van der Waals surface area contributed by atoms with E-state index in [0.29, 0.717) is 5.92 Å². The van der Waals surface area contributed by atoms with Crippen molar-refractivity contribution in [2.24, 2.45) is 5.92 Å². The molecule has 3 heteroatoms. The van der Waals surface area contributed by atoms with Gasteiger partial charge in [-0.25, -0.2) is 0 Å². The third-order valence-electron chi connectivity index (χ3n) is 3.39. The summed E-state index contributed by atoms with van der Waals surface area (Å²) in [6, 6.07) is 2.13. The van der Waals surface area contributed by atoms with Gasteiger partial charge in [-0.1, -0.05) is 26.7 Å². The molecule has 100 valence electrons. The molecule has 0 unspecified atom stereocenters. The van der Waals surface area contributed by atoms with Gasteiger partial charge in [0.05, 0.1) is 4.88 Å². The zero-order chi connectivity index (χ0) is 13.0. The Morgan fingerprint density at radius 2 is 2.00 bits per heavy atom. The lowest BCUT2D eigenvalue weighted by Gasteiger charge is -2.07. The molecule has 0 saturated carbocycles. The van der Waals surface area contributed by atoms with Crippen molar-refractivity contribution < 1.29 is 4.79 Å². The summed E-state index contributed by atoms with van der Waals surface area (Å²) in [5.41, 5.74) is 1.43. The van der Waals surface area contributed by atoms with E-state index in [-0.39, 0.29) is 5.91 Å². The van der Waals surface area contributed by atoms with Crippen LogP contribution in [0, 0.1) is 5.92 Å². The normalized spacial score (nSPS) is 15.9. The molecule has 1 aliphatic carbocycles. The minimum absolute atomic E-state index is 0.112. The second kappa shape index (κ2) is 6.37. The van der Waals surface area contributed by atoms with Gasteiger partial charge in [-0.05, 0) is 43.2 Å². The molecule has 1 heterocycles. The van der Waals surface area contributed by atoms with Gasteiger partial charge in [0.15, 0.2) is 0 Å². The van der Waals surface area contributed by atoms with E-state index in [0.717, 1.165) is 24.3 Å². The molecule has 1 N–H and O–H groups in total. The van der Waals surface area contributed by atoms with Crippen LogP contribution >= 0.6 is 11.3 Å². The van der Waals surface area contributed by atoms with Gasteiger partial charge >= 0.3 is 0 Å². The number of carbonyl (C=O) groups excluding carboxylic acids is 1. The molecule has 18 heavy (non-hydrogen) atoms. The maximum atomic E-state index is 12.0. The van der Waals surface area contributed by atoms with E-state index in [4.69, 9.17) is 0 Å². The summed E-state index contributed by atoms with van der Waals surface area (Å²) in [5.74, 6) is 0.621. The summed E-state index contributed by atoms with van der Waals surface area (Å²) < 4.78 is 0. The fourth-order valence-corrected chi connectivity index (χ4v) is 3.51. The van der Waals surface area contributed by atoms with Gasteiger partial charge < -0.3 is 5.32 Å². The first kappa shape index (κ1) is 13.6. The van der Waals surface area contributed by atoms with Crippen LogP contribution in [0.4, 0.5) is 0 Å². The Bertz CT molecular complexity index is 383. The van der Waals surface area contributed by atoms with E-state index in [9.17, 15) is 4.79 Å². The van der Waals surface area contributed by atoms with Crippen LogP contribution in [-0.2, 0) is 12.8 Å². The Balaban J connectivity index is 2.05. The van der Waals surface area contributed by atoms with E-state index in [1.165, 1.54) is 36.1 Å². The molecule has 0 radical (unpaired) electrons. The van der Waals surface area contributed by atoms with Crippen molar-refractivity contribution in [2.45, 2.75) is 52.4 Å². The van der Waals surface area contributed by atoms with Gasteiger partial charge in [-0.15, -0.1) is 11.3 Å². The Labute approximate surface area is 114 Å². The van der Waals surface area contributed by atoms with Crippen molar-refractivity contribution >= 4 is 17.2 Å². The molecule has 1 aliphatic rings. The van der Waals surface area contributed by atoms with Crippen molar-refractivity contribution in [3.05, 3.63) is 21.4 Å². The molecule has 0 aromatic carbocycles. The van der Waals surface area contributed by atoms with E-state index in [1.807, 2.05) is 0 Å². The first-order valence-electron chi connectivity index (χ1n) is 7.06. The Hall–Kier alpha value is -0.830. The third kappa shape index (κ3) is 3.58. The first-order chi connectivity index (χ1) is 8.66. The van der Waals surface area contributed by atoms with Crippen LogP contribution in [0.2, 0.25) is 0 Å². The van der Waals surface area contributed by atoms with E-state index in [2.05, 4.69) is 25.2 Å². The minimum Gasteiger partial charge on any atom is -0.351 e. The molecule has 2 rings (SSSR count). The first-order valence-corrected chi connectivity index (χ1v) is 7.88. The Morgan fingerprint density at radius 3 is 2.72 bits per heavy atom. The summed E-state index contributed by atoms with van der Waals surface area (Å²) in [5, 5.41) is 3.01. The molecule has 0 aliphatic heterocycles. The zero-order valence-electron chi connectivity index (χ0n) is 11.4. The van der Waals surface area contributed by atoms with Gasteiger partial charge in [0, 0.05) is 11.4 Å². The number of amides is 1. The SMILES string of the molecule is CC(C)CNC(=O)c1cc2c(s1)CCCCCC2. The number of aryl methyl sites for hydroxylation is 2. The number of thiophene rings is 1. The average molecular weight is 265 g/mol. The molecular weight excluding hydrogens is 242 g/mol. The van der Waals surface area contributed by atoms with Crippen molar-refractivity contribution in [3.8, 4) is 0 Å². The van der Waals surface area contributed by atoms with Gasteiger partial charge in [0.2, 0.25) is 0 Å². The highest BCUT2D eigenvalue weighted by Gasteiger charge is 2.15. The summed E-state index contributed by atoms with van der Waals surface area (Å²) in [6.07, 6.45) is 7.55. The molecule has 1 amide bonds. The van der Waals surface area contributed by atoms with Gasteiger partial charge in [-0.2, -0.15) is 0 Å². The fraction of sp³-hybridized carbons (Fsp3) is 0.667. The van der Waals surface area contributed by atoms with E-state index in [1.54, 1.807) is 11.3 Å². The second-order valence-corrected chi connectivity index (χ2v) is 6.71. The van der Waals surface area contributed by atoms with Crippen molar-refractivity contribution in [1.29, 1.82) is 0 Å². The van der Waals surface area contributed by atoms with Crippen LogP contribution in [0.15, 0.2) is 6.07 Å². The van der Waals surface area contributed by atoms with Gasteiger partial charge in [0.25, 0.3) is 5.91 Å². The minimum atomic E-state index is 0.112. The highest BCUT2D eigenvalue weighted by Crippen LogP contribution is 2.28. The summed E-state index contributed by atoms with van der Waals surface area (Å²) in [4.78, 5) is 14.4. The molecule has 1 aromatic heterocycles. The lowest BCUT2D eigenvalue weighted by Crippen LogP contribution is -2.26. The molecule has 0 bridgehead atoms. The van der Waals surface area contributed by atoms with E-state index >= 15 is 0 Å². The van der Waals surface area contributed by atoms with Crippen molar-refractivity contribution in [3.63, 3.8) is 0 Å². The van der Waals surface area contributed by atoms with Crippen LogP contribution in [0.1, 0.15) is 59.6 Å². The third-order valence-corrected chi connectivity index (χ3v) is 4.63. The van der Waals surface area contributed by atoms with Crippen LogP contribution in [0.5, 0.6) is 0 Å². The summed E-state index contributed by atoms with van der Waals surface area (Å²) in [7, 11) is 0. The molecule has 0 saturated heterocycles. The maximum Gasteiger partial charge on any atom is 0.261 e. The Kier molecular flexibility index (Phi) is 4.81. The molecule has 1 aromatic rings. The number of fused-ring (bicyclic) bond motifs is 1. The van der Waals surface area contributed by atoms with Gasteiger partial charge in [-0.3, -0.25) is 4.79 Å². The quantitative estimate of drug-likeness (QED) is 0.885. The molecule has 0 fully saturated rings. The Morgan fingerprint density at radius 1 is 1.28 bits per heavy atom. The smallest absolute Gasteiger partial charge is 0.261 e. The lowest BCUT2D eigenvalue weighted by atomic mass is 10.00. The van der Waals surface area contributed by atoms with Crippen LogP contribution in [-0.4, -0.2) is 12.5 Å². The van der Waals surface area contributed by atoms with Gasteiger partial charge in [0.1, 0.15) is 0 Å². The van der Waals surface area contributed by atoms with Crippen molar-refractivity contribution in [2.75, 3.05) is 6.54 Å². The molecule has 0 spiro atoms. The number of rotatable bonds is 3. The lowest BCUT2D eigenvalue weighted by molar-refractivity contribution is 0.0953. The standard InChI is InChI=1S/C15H23NOS/c1-11(2)10-16-15(17)14-9-12-7-5-3-4-6-8-13(12)18-14/h9,11H,3-8,10H2,1-2H3,(H,16,17). The van der Waals surface area contributed by atoms with Crippen molar-refractivity contribution in [1.82, 2.24) is 5.32 Å². The van der Waals surface area contributed by atoms with E-state index < -0.39 is 0 Å². The predicted octanol–water partition coefficient (Wildman–Crippen LogP) is 3.79.